The first kappa shape index (κ1) is 12.7. The van der Waals surface area contributed by atoms with Crippen molar-refractivity contribution in [2.75, 3.05) is 0 Å². The highest BCUT2D eigenvalue weighted by molar-refractivity contribution is 6.03. The summed E-state index contributed by atoms with van der Waals surface area (Å²) in [6.07, 6.45) is 3.30. The zero-order valence-corrected chi connectivity index (χ0v) is 11.2. The molecule has 1 aromatic heterocycles. The van der Waals surface area contributed by atoms with E-state index >= 15 is 0 Å². The van der Waals surface area contributed by atoms with Gasteiger partial charge in [-0.1, -0.05) is 25.5 Å². The molecule has 0 radical (unpaired) electrons. The van der Waals surface area contributed by atoms with Crippen molar-refractivity contribution in [2.45, 2.75) is 33.1 Å². The SMILES string of the molecule is CCCCc1c(C)n(C)c2c(C(=O)O)cccc12. The van der Waals surface area contributed by atoms with Crippen molar-refractivity contribution in [3.63, 3.8) is 0 Å². The Morgan fingerprint density at radius 2 is 2.11 bits per heavy atom. The molecule has 0 unspecified atom stereocenters. The van der Waals surface area contributed by atoms with Gasteiger partial charge in [-0.05, 0) is 31.4 Å². The molecule has 3 nitrogen and oxygen atoms in total. The van der Waals surface area contributed by atoms with Crippen molar-refractivity contribution in [3.05, 3.63) is 35.0 Å². The number of rotatable bonds is 4. The molecule has 0 bridgehead atoms. The van der Waals surface area contributed by atoms with Gasteiger partial charge in [0.05, 0.1) is 11.1 Å². The highest BCUT2D eigenvalue weighted by Crippen LogP contribution is 2.28. The molecule has 1 heterocycles. The number of aromatic carboxylic acids is 1. The van der Waals surface area contributed by atoms with Crippen LogP contribution in [0.3, 0.4) is 0 Å². The minimum Gasteiger partial charge on any atom is -0.478 e. The van der Waals surface area contributed by atoms with Gasteiger partial charge in [0.15, 0.2) is 0 Å². The topological polar surface area (TPSA) is 42.2 Å². The van der Waals surface area contributed by atoms with Crippen LogP contribution in [-0.2, 0) is 13.5 Å². The highest BCUT2D eigenvalue weighted by Gasteiger charge is 2.17. The van der Waals surface area contributed by atoms with Gasteiger partial charge in [0.1, 0.15) is 0 Å². The van der Waals surface area contributed by atoms with E-state index in [0.29, 0.717) is 5.56 Å². The van der Waals surface area contributed by atoms with Crippen molar-refractivity contribution in [1.29, 1.82) is 0 Å². The van der Waals surface area contributed by atoms with Crippen LogP contribution in [0.5, 0.6) is 0 Å². The Morgan fingerprint density at radius 3 is 2.72 bits per heavy atom. The lowest BCUT2D eigenvalue weighted by atomic mass is 10.0. The predicted molar refractivity (Wildman–Crippen MR) is 73.2 cm³/mol. The molecule has 96 valence electrons. The fourth-order valence-electron chi connectivity index (χ4n) is 2.56. The molecule has 0 fully saturated rings. The molecule has 0 aliphatic carbocycles. The second-order valence-electron chi connectivity index (χ2n) is 4.73. The third-order valence-electron chi connectivity index (χ3n) is 3.65. The molecule has 0 spiro atoms. The van der Waals surface area contributed by atoms with Gasteiger partial charge in [-0.25, -0.2) is 4.79 Å². The Kier molecular flexibility index (Phi) is 3.41. The minimum absolute atomic E-state index is 0.390. The predicted octanol–water partition coefficient (Wildman–Crippen LogP) is 3.53. The summed E-state index contributed by atoms with van der Waals surface area (Å²) in [7, 11) is 1.94. The first-order valence-corrected chi connectivity index (χ1v) is 6.38. The zero-order chi connectivity index (χ0) is 13.3. The van der Waals surface area contributed by atoms with Crippen LogP contribution in [0.15, 0.2) is 18.2 Å². The van der Waals surface area contributed by atoms with Crippen molar-refractivity contribution in [3.8, 4) is 0 Å². The van der Waals surface area contributed by atoms with Crippen molar-refractivity contribution < 1.29 is 9.90 Å². The Bertz CT molecular complexity index is 596. The van der Waals surface area contributed by atoms with E-state index in [-0.39, 0.29) is 0 Å². The molecule has 1 N–H and O–H groups in total. The molecule has 2 aromatic rings. The van der Waals surface area contributed by atoms with Crippen LogP contribution in [0.1, 0.15) is 41.4 Å². The summed E-state index contributed by atoms with van der Waals surface area (Å²) in [5.41, 5.74) is 3.69. The second kappa shape index (κ2) is 4.84. The molecular weight excluding hydrogens is 226 g/mol. The van der Waals surface area contributed by atoms with E-state index in [0.717, 1.165) is 30.2 Å². The number of hydrogen-bond acceptors (Lipinski definition) is 1. The number of carboxylic acid groups (broad SMARTS) is 1. The fourth-order valence-corrected chi connectivity index (χ4v) is 2.56. The van der Waals surface area contributed by atoms with Crippen LogP contribution in [0.4, 0.5) is 0 Å². The highest BCUT2D eigenvalue weighted by atomic mass is 16.4. The molecule has 0 aliphatic rings. The average Bonchev–Trinajstić information content (AvgIpc) is 2.60. The van der Waals surface area contributed by atoms with E-state index in [1.165, 1.54) is 11.3 Å². The Morgan fingerprint density at radius 1 is 1.39 bits per heavy atom. The Balaban J connectivity index is 2.71. The van der Waals surface area contributed by atoms with E-state index < -0.39 is 5.97 Å². The van der Waals surface area contributed by atoms with E-state index in [2.05, 4.69) is 13.8 Å². The van der Waals surface area contributed by atoms with E-state index in [9.17, 15) is 9.90 Å². The number of benzene rings is 1. The summed E-state index contributed by atoms with van der Waals surface area (Å²) in [5, 5.41) is 10.4. The zero-order valence-electron chi connectivity index (χ0n) is 11.2. The van der Waals surface area contributed by atoms with E-state index in [1.54, 1.807) is 6.07 Å². The molecule has 0 amide bonds. The smallest absolute Gasteiger partial charge is 0.337 e. The molecule has 0 aliphatic heterocycles. The van der Waals surface area contributed by atoms with Crippen LogP contribution < -0.4 is 0 Å². The summed E-state index contributed by atoms with van der Waals surface area (Å²) in [5.74, 6) is -0.858. The quantitative estimate of drug-likeness (QED) is 0.895. The summed E-state index contributed by atoms with van der Waals surface area (Å²) in [4.78, 5) is 11.3. The van der Waals surface area contributed by atoms with Gasteiger partial charge in [0.2, 0.25) is 0 Å². The monoisotopic (exact) mass is 245 g/mol. The lowest BCUT2D eigenvalue weighted by Gasteiger charge is -2.02. The van der Waals surface area contributed by atoms with Crippen LogP contribution in [0.25, 0.3) is 10.9 Å². The van der Waals surface area contributed by atoms with Gasteiger partial charge >= 0.3 is 5.97 Å². The number of nitrogens with zero attached hydrogens (tertiary/aromatic N) is 1. The molecule has 3 heteroatoms. The van der Waals surface area contributed by atoms with Gasteiger partial charge in [-0.3, -0.25) is 0 Å². The first-order chi connectivity index (χ1) is 8.57. The van der Waals surface area contributed by atoms with Gasteiger partial charge in [0.25, 0.3) is 0 Å². The van der Waals surface area contributed by atoms with E-state index in [4.69, 9.17) is 0 Å². The van der Waals surface area contributed by atoms with Gasteiger partial charge in [-0.2, -0.15) is 0 Å². The van der Waals surface area contributed by atoms with Crippen LogP contribution >= 0.6 is 0 Å². The Hall–Kier alpha value is -1.77. The lowest BCUT2D eigenvalue weighted by Crippen LogP contribution is -2.01. The van der Waals surface area contributed by atoms with Crippen LogP contribution in [0.2, 0.25) is 0 Å². The number of para-hydroxylation sites is 1. The maximum atomic E-state index is 11.3. The molecule has 1 aromatic carbocycles. The molecule has 0 saturated carbocycles. The van der Waals surface area contributed by atoms with Crippen LogP contribution in [-0.4, -0.2) is 15.6 Å². The fraction of sp³-hybridized carbons (Fsp3) is 0.400. The van der Waals surface area contributed by atoms with Gasteiger partial charge in [0, 0.05) is 18.1 Å². The van der Waals surface area contributed by atoms with Gasteiger partial charge < -0.3 is 9.67 Å². The molecule has 0 saturated heterocycles. The third-order valence-corrected chi connectivity index (χ3v) is 3.65. The standard InChI is InChI=1S/C15H19NO2/c1-4-5-7-11-10(2)16(3)14-12(11)8-6-9-13(14)15(17)18/h6,8-9H,4-5,7H2,1-3H3,(H,17,18). The van der Waals surface area contributed by atoms with Crippen molar-refractivity contribution in [1.82, 2.24) is 4.57 Å². The Labute approximate surface area is 107 Å². The second-order valence-corrected chi connectivity index (χ2v) is 4.73. The number of unbranched alkanes of at least 4 members (excludes halogenated alkanes) is 1. The molecular formula is C15H19NO2. The first-order valence-electron chi connectivity index (χ1n) is 6.38. The maximum Gasteiger partial charge on any atom is 0.337 e. The largest absolute Gasteiger partial charge is 0.478 e. The number of carbonyl (C=O) groups is 1. The van der Waals surface area contributed by atoms with Crippen LogP contribution in [0, 0.1) is 6.92 Å². The number of carboxylic acids is 1. The van der Waals surface area contributed by atoms with Crippen molar-refractivity contribution >= 4 is 16.9 Å². The third kappa shape index (κ3) is 1.90. The number of aromatic nitrogens is 1. The summed E-state index contributed by atoms with van der Waals surface area (Å²) in [6.45, 7) is 4.24. The number of aryl methyl sites for hydroxylation is 2. The molecule has 2 rings (SSSR count). The molecule has 0 atom stereocenters. The lowest BCUT2D eigenvalue weighted by molar-refractivity contribution is 0.0698. The summed E-state index contributed by atoms with van der Waals surface area (Å²) in [6, 6.07) is 5.54. The van der Waals surface area contributed by atoms with Gasteiger partial charge in [-0.15, -0.1) is 0 Å². The average molecular weight is 245 g/mol. The summed E-state index contributed by atoms with van der Waals surface area (Å²) < 4.78 is 2.00. The maximum absolute atomic E-state index is 11.3. The number of hydrogen-bond donors (Lipinski definition) is 1. The molecule has 18 heavy (non-hydrogen) atoms. The summed E-state index contributed by atoms with van der Waals surface area (Å²) >= 11 is 0. The normalized spacial score (nSPS) is 11.1. The van der Waals surface area contributed by atoms with E-state index in [1.807, 2.05) is 23.7 Å². The number of fused-ring (bicyclic) bond motifs is 1. The minimum atomic E-state index is -0.858. The van der Waals surface area contributed by atoms with Crippen molar-refractivity contribution in [2.24, 2.45) is 7.05 Å².